The molecule has 4 heteroatoms. The van der Waals surface area contributed by atoms with Crippen LogP contribution >= 0.6 is 34.5 Å². The maximum atomic E-state index is 5.74. The summed E-state index contributed by atoms with van der Waals surface area (Å²) in [5.41, 5.74) is 0. The fraction of sp³-hybridized carbons (Fsp3) is 0.429. The van der Waals surface area contributed by atoms with Gasteiger partial charge in [-0.25, -0.2) is 0 Å². The first-order valence-corrected chi connectivity index (χ1v) is 5.06. The highest BCUT2D eigenvalue weighted by Gasteiger charge is 1.95. The van der Waals surface area contributed by atoms with E-state index in [0.29, 0.717) is 5.88 Å². The highest BCUT2D eigenvalue weighted by atomic mass is 35.5. The van der Waals surface area contributed by atoms with Gasteiger partial charge in [-0.1, -0.05) is 11.6 Å². The molecule has 0 radical (unpaired) electrons. The summed E-state index contributed by atoms with van der Waals surface area (Å²) in [7, 11) is 0. The molecule has 0 fully saturated rings. The molecule has 0 bridgehead atoms. The molecule has 1 nitrogen and oxygen atoms in total. The van der Waals surface area contributed by atoms with Crippen molar-refractivity contribution in [3.8, 4) is 0 Å². The van der Waals surface area contributed by atoms with Crippen LogP contribution in [0.3, 0.4) is 0 Å². The Balaban J connectivity index is 2.27. The minimum absolute atomic E-state index is 0.652. The highest BCUT2D eigenvalue weighted by molar-refractivity contribution is 7.16. The van der Waals surface area contributed by atoms with Gasteiger partial charge in [0.2, 0.25) is 0 Å². The quantitative estimate of drug-likeness (QED) is 0.595. The van der Waals surface area contributed by atoms with E-state index in [9.17, 15) is 0 Å². The van der Waals surface area contributed by atoms with Crippen LogP contribution in [0.5, 0.6) is 0 Å². The third-order valence-corrected chi connectivity index (χ3v) is 2.62. The second-order valence-electron chi connectivity index (χ2n) is 2.07. The van der Waals surface area contributed by atoms with Gasteiger partial charge in [-0.15, -0.1) is 22.9 Å². The molecule has 1 aromatic rings. The fourth-order valence-electron chi connectivity index (χ4n) is 0.725. The summed E-state index contributed by atoms with van der Waals surface area (Å²) in [6.45, 7) is 1.71. The van der Waals surface area contributed by atoms with Crippen molar-refractivity contribution in [2.45, 2.75) is 6.54 Å². The van der Waals surface area contributed by atoms with E-state index in [1.54, 1.807) is 11.3 Å². The molecule has 1 heterocycles. The SMILES string of the molecule is ClCCNCc1ccc(Cl)s1. The molecule has 0 spiro atoms. The largest absolute Gasteiger partial charge is 0.311 e. The van der Waals surface area contributed by atoms with Gasteiger partial charge in [0.05, 0.1) is 4.34 Å². The van der Waals surface area contributed by atoms with Gasteiger partial charge in [0.1, 0.15) is 0 Å². The van der Waals surface area contributed by atoms with Crippen molar-refractivity contribution < 1.29 is 0 Å². The van der Waals surface area contributed by atoms with Gasteiger partial charge >= 0.3 is 0 Å². The summed E-state index contributed by atoms with van der Waals surface area (Å²) in [6, 6.07) is 3.93. The number of alkyl halides is 1. The molecule has 11 heavy (non-hydrogen) atoms. The number of hydrogen-bond acceptors (Lipinski definition) is 2. The van der Waals surface area contributed by atoms with Gasteiger partial charge < -0.3 is 5.32 Å². The molecule has 1 rings (SSSR count). The lowest BCUT2D eigenvalue weighted by molar-refractivity contribution is 0.739. The average molecular weight is 210 g/mol. The molecule has 1 aromatic heterocycles. The predicted molar refractivity (Wildman–Crippen MR) is 51.8 cm³/mol. The zero-order valence-electron chi connectivity index (χ0n) is 5.94. The van der Waals surface area contributed by atoms with E-state index in [0.717, 1.165) is 17.4 Å². The number of nitrogens with one attached hydrogen (secondary N) is 1. The third kappa shape index (κ3) is 3.43. The second kappa shape index (κ2) is 4.99. The molecule has 1 N–H and O–H groups in total. The standard InChI is InChI=1S/C7H9Cl2NS/c8-3-4-10-5-6-1-2-7(9)11-6/h1-2,10H,3-5H2. The van der Waals surface area contributed by atoms with Crippen LogP contribution in [0.2, 0.25) is 4.34 Å². The summed E-state index contributed by atoms with van der Waals surface area (Å²) in [6.07, 6.45) is 0. The molecular weight excluding hydrogens is 201 g/mol. The Bertz CT molecular complexity index is 212. The van der Waals surface area contributed by atoms with Crippen LogP contribution in [0.25, 0.3) is 0 Å². The lowest BCUT2D eigenvalue weighted by atomic mass is 10.4. The second-order valence-corrected chi connectivity index (χ2v) is 4.25. The molecule has 0 aliphatic rings. The van der Waals surface area contributed by atoms with Crippen LogP contribution in [0, 0.1) is 0 Å². The van der Waals surface area contributed by atoms with Crippen molar-refractivity contribution in [2.24, 2.45) is 0 Å². The first-order valence-electron chi connectivity index (χ1n) is 3.34. The molecule has 0 aliphatic carbocycles. The van der Waals surface area contributed by atoms with Crippen LogP contribution < -0.4 is 5.32 Å². The Labute approximate surface area is 80.3 Å². The monoisotopic (exact) mass is 209 g/mol. The van der Waals surface area contributed by atoms with Crippen molar-refractivity contribution >= 4 is 34.5 Å². The van der Waals surface area contributed by atoms with Crippen molar-refractivity contribution in [1.29, 1.82) is 0 Å². The zero-order valence-corrected chi connectivity index (χ0v) is 8.27. The summed E-state index contributed by atoms with van der Waals surface area (Å²) in [4.78, 5) is 1.25. The fourth-order valence-corrected chi connectivity index (χ4v) is 1.92. The smallest absolute Gasteiger partial charge is 0.0931 e. The number of rotatable bonds is 4. The first-order chi connectivity index (χ1) is 5.33. The van der Waals surface area contributed by atoms with E-state index < -0.39 is 0 Å². The molecule has 0 atom stereocenters. The van der Waals surface area contributed by atoms with Crippen molar-refractivity contribution in [1.82, 2.24) is 5.32 Å². The molecule has 0 amide bonds. The number of hydrogen-bond donors (Lipinski definition) is 1. The van der Waals surface area contributed by atoms with E-state index in [2.05, 4.69) is 5.32 Å². The van der Waals surface area contributed by atoms with Crippen LogP contribution in [0.1, 0.15) is 4.88 Å². The van der Waals surface area contributed by atoms with Crippen LogP contribution in [0.4, 0.5) is 0 Å². The van der Waals surface area contributed by atoms with Crippen molar-refractivity contribution in [3.05, 3.63) is 21.3 Å². The lowest BCUT2D eigenvalue weighted by Gasteiger charge is -1.97. The Morgan fingerprint density at radius 3 is 2.82 bits per heavy atom. The van der Waals surface area contributed by atoms with E-state index in [4.69, 9.17) is 23.2 Å². The van der Waals surface area contributed by atoms with Gasteiger partial charge in [-0.05, 0) is 12.1 Å². The van der Waals surface area contributed by atoms with Crippen LogP contribution in [0.15, 0.2) is 12.1 Å². The molecular formula is C7H9Cl2NS. The summed E-state index contributed by atoms with van der Waals surface area (Å²) >= 11 is 12.8. The van der Waals surface area contributed by atoms with Gasteiger partial charge in [0, 0.05) is 23.8 Å². The molecule has 62 valence electrons. The van der Waals surface area contributed by atoms with Crippen LogP contribution in [-0.2, 0) is 6.54 Å². The van der Waals surface area contributed by atoms with E-state index in [-0.39, 0.29) is 0 Å². The molecule has 0 unspecified atom stereocenters. The number of thiophene rings is 1. The maximum absolute atomic E-state index is 5.74. The van der Waals surface area contributed by atoms with Gasteiger partial charge in [0.15, 0.2) is 0 Å². The van der Waals surface area contributed by atoms with Crippen LogP contribution in [-0.4, -0.2) is 12.4 Å². The topological polar surface area (TPSA) is 12.0 Å². The van der Waals surface area contributed by atoms with Crippen molar-refractivity contribution in [3.63, 3.8) is 0 Å². The number of halogens is 2. The molecule has 0 saturated carbocycles. The molecule has 0 aliphatic heterocycles. The normalized spacial score (nSPS) is 10.4. The lowest BCUT2D eigenvalue weighted by Crippen LogP contribution is -2.14. The highest BCUT2D eigenvalue weighted by Crippen LogP contribution is 2.20. The van der Waals surface area contributed by atoms with Crippen molar-refractivity contribution in [2.75, 3.05) is 12.4 Å². The molecule has 0 saturated heterocycles. The van der Waals surface area contributed by atoms with E-state index in [1.807, 2.05) is 12.1 Å². The van der Waals surface area contributed by atoms with E-state index in [1.165, 1.54) is 4.88 Å². The van der Waals surface area contributed by atoms with Gasteiger partial charge in [0.25, 0.3) is 0 Å². The predicted octanol–water partition coefficient (Wildman–Crippen LogP) is 2.73. The van der Waals surface area contributed by atoms with Gasteiger partial charge in [-0.3, -0.25) is 0 Å². The molecule has 0 aromatic carbocycles. The maximum Gasteiger partial charge on any atom is 0.0931 e. The Kier molecular flexibility index (Phi) is 4.23. The summed E-state index contributed by atoms with van der Waals surface area (Å²) < 4.78 is 0.840. The average Bonchev–Trinajstić information content (AvgIpc) is 2.37. The zero-order chi connectivity index (χ0) is 8.10. The minimum Gasteiger partial charge on any atom is -0.311 e. The summed E-state index contributed by atoms with van der Waals surface area (Å²) in [5, 5.41) is 3.18. The minimum atomic E-state index is 0.652. The Hall–Kier alpha value is 0.240. The summed E-state index contributed by atoms with van der Waals surface area (Å²) in [5.74, 6) is 0.652. The third-order valence-electron chi connectivity index (χ3n) is 1.20. The first kappa shape index (κ1) is 9.33. The van der Waals surface area contributed by atoms with Gasteiger partial charge in [-0.2, -0.15) is 0 Å². The Morgan fingerprint density at radius 2 is 2.27 bits per heavy atom. The Morgan fingerprint density at radius 1 is 1.45 bits per heavy atom. The van der Waals surface area contributed by atoms with E-state index >= 15 is 0 Å².